The first-order valence-corrected chi connectivity index (χ1v) is 6.97. The Bertz CT molecular complexity index is 760. The van der Waals surface area contributed by atoms with Crippen LogP contribution in [-0.4, -0.2) is 29.3 Å². The van der Waals surface area contributed by atoms with Gasteiger partial charge in [0, 0.05) is 24.8 Å². The van der Waals surface area contributed by atoms with Gasteiger partial charge in [-0.25, -0.2) is 9.97 Å². The van der Waals surface area contributed by atoms with Gasteiger partial charge in [-0.3, -0.25) is 0 Å². The van der Waals surface area contributed by atoms with Gasteiger partial charge in [-0.1, -0.05) is 11.6 Å². The summed E-state index contributed by atoms with van der Waals surface area (Å²) in [5.41, 5.74) is 1.55. The Morgan fingerprint density at radius 1 is 0.952 bits per heavy atom. The molecule has 0 amide bonds. The summed E-state index contributed by atoms with van der Waals surface area (Å²) in [6, 6.07) is 1.86. The van der Waals surface area contributed by atoms with Gasteiger partial charge < -0.3 is 9.13 Å². The second-order valence-corrected chi connectivity index (χ2v) is 5.24. The normalized spacial score (nSPS) is 11.0. The summed E-state index contributed by atoms with van der Waals surface area (Å²) in [5.74, 6) is 1.86. The molecule has 3 heterocycles. The molecule has 0 aliphatic heterocycles. The molecule has 6 nitrogen and oxygen atoms in total. The van der Waals surface area contributed by atoms with Gasteiger partial charge in [-0.15, -0.1) is 0 Å². The molecular weight excluding hydrogens is 288 g/mol. The first-order chi connectivity index (χ1) is 10.1. The number of imidazole rings is 2. The summed E-state index contributed by atoms with van der Waals surface area (Å²) in [6.45, 7) is 5.08. The van der Waals surface area contributed by atoms with Crippen LogP contribution in [0, 0.1) is 13.8 Å². The van der Waals surface area contributed by atoms with Crippen molar-refractivity contribution in [2.24, 2.45) is 0 Å². The van der Waals surface area contributed by atoms with Crippen molar-refractivity contribution in [3.05, 3.63) is 58.9 Å². The summed E-state index contributed by atoms with van der Waals surface area (Å²) >= 11 is 6.32. The Morgan fingerprint density at radius 2 is 1.57 bits per heavy atom. The van der Waals surface area contributed by atoms with E-state index in [1.54, 1.807) is 12.4 Å². The summed E-state index contributed by atoms with van der Waals surface area (Å²) < 4.78 is 3.98. The van der Waals surface area contributed by atoms with Crippen molar-refractivity contribution in [3.8, 4) is 0 Å². The van der Waals surface area contributed by atoms with Crippen LogP contribution in [0.5, 0.6) is 0 Å². The largest absolute Gasteiger partial charge is 0.329 e. The van der Waals surface area contributed by atoms with E-state index in [1.807, 2.05) is 41.4 Å². The van der Waals surface area contributed by atoms with E-state index in [0.717, 1.165) is 23.0 Å². The maximum Gasteiger partial charge on any atom is 0.105 e. The fourth-order valence-electron chi connectivity index (χ4n) is 2.09. The number of nitrogens with zero attached hydrogens (tertiary/aromatic N) is 6. The van der Waals surface area contributed by atoms with Crippen molar-refractivity contribution in [3.63, 3.8) is 0 Å². The average molecular weight is 303 g/mol. The quantitative estimate of drug-likeness (QED) is 0.741. The van der Waals surface area contributed by atoms with E-state index in [9.17, 15) is 0 Å². The number of rotatable bonds is 4. The lowest BCUT2D eigenvalue weighted by atomic mass is 10.3. The highest BCUT2D eigenvalue weighted by Crippen LogP contribution is 2.16. The molecule has 0 aliphatic carbocycles. The summed E-state index contributed by atoms with van der Waals surface area (Å²) in [5, 5.41) is 9.11. The van der Waals surface area contributed by atoms with Crippen molar-refractivity contribution in [1.82, 2.24) is 29.3 Å². The monoisotopic (exact) mass is 302 g/mol. The molecule has 3 aromatic rings. The second kappa shape index (κ2) is 5.65. The van der Waals surface area contributed by atoms with Crippen LogP contribution in [0.1, 0.15) is 23.0 Å². The van der Waals surface area contributed by atoms with Gasteiger partial charge in [-0.2, -0.15) is 10.2 Å². The van der Waals surface area contributed by atoms with Crippen molar-refractivity contribution >= 4 is 11.6 Å². The third kappa shape index (κ3) is 2.95. The number of hydrogen-bond donors (Lipinski definition) is 0. The van der Waals surface area contributed by atoms with Crippen LogP contribution in [0.2, 0.25) is 5.02 Å². The van der Waals surface area contributed by atoms with Crippen LogP contribution >= 0.6 is 11.6 Å². The fraction of sp³-hybridized carbons (Fsp3) is 0.286. The van der Waals surface area contributed by atoms with Gasteiger partial charge in [-0.05, 0) is 19.9 Å². The van der Waals surface area contributed by atoms with E-state index in [1.165, 1.54) is 0 Å². The van der Waals surface area contributed by atoms with Crippen molar-refractivity contribution in [2.75, 3.05) is 0 Å². The van der Waals surface area contributed by atoms with Crippen molar-refractivity contribution in [1.29, 1.82) is 0 Å². The minimum Gasteiger partial charge on any atom is -0.329 e. The van der Waals surface area contributed by atoms with Crippen LogP contribution in [0.3, 0.4) is 0 Å². The lowest BCUT2D eigenvalue weighted by Gasteiger charge is -2.08. The maximum atomic E-state index is 6.32. The molecule has 0 spiro atoms. The summed E-state index contributed by atoms with van der Waals surface area (Å²) in [4.78, 5) is 8.36. The van der Waals surface area contributed by atoms with E-state index >= 15 is 0 Å². The molecule has 0 atom stereocenters. The zero-order chi connectivity index (χ0) is 14.8. The number of hydrogen-bond acceptors (Lipinski definition) is 4. The van der Waals surface area contributed by atoms with Crippen LogP contribution in [-0.2, 0) is 13.1 Å². The van der Waals surface area contributed by atoms with E-state index in [0.29, 0.717) is 18.1 Å². The zero-order valence-electron chi connectivity index (χ0n) is 11.9. The molecule has 108 valence electrons. The van der Waals surface area contributed by atoms with Gasteiger partial charge in [0.05, 0.1) is 23.8 Å². The van der Waals surface area contributed by atoms with Gasteiger partial charge in [0.1, 0.15) is 17.3 Å². The molecule has 7 heteroatoms. The molecule has 0 unspecified atom stereocenters. The first-order valence-electron chi connectivity index (χ1n) is 6.60. The molecule has 0 fully saturated rings. The molecule has 3 aromatic heterocycles. The Morgan fingerprint density at radius 3 is 2.10 bits per heavy atom. The van der Waals surface area contributed by atoms with Gasteiger partial charge in [0.15, 0.2) is 0 Å². The molecule has 0 aromatic carbocycles. The SMILES string of the molecule is Cc1nccn1Cc1cc(Cl)c(Cn2ccnc2C)nn1. The summed E-state index contributed by atoms with van der Waals surface area (Å²) in [7, 11) is 0. The lowest BCUT2D eigenvalue weighted by molar-refractivity contribution is 0.694. The molecule has 21 heavy (non-hydrogen) atoms. The molecule has 0 saturated carbocycles. The van der Waals surface area contributed by atoms with Crippen molar-refractivity contribution < 1.29 is 0 Å². The van der Waals surface area contributed by atoms with E-state index < -0.39 is 0 Å². The van der Waals surface area contributed by atoms with Crippen LogP contribution in [0.15, 0.2) is 30.9 Å². The third-order valence-electron chi connectivity index (χ3n) is 3.37. The van der Waals surface area contributed by atoms with Crippen molar-refractivity contribution in [2.45, 2.75) is 26.9 Å². The Hall–Kier alpha value is -2.21. The number of aryl methyl sites for hydroxylation is 2. The standard InChI is InChI=1S/C14H15ClN6/c1-10-16-3-5-20(10)8-12-7-13(15)14(19-18-12)9-21-6-4-17-11(21)2/h3-7H,8-9H2,1-2H3. The molecule has 0 radical (unpaired) electrons. The molecule has 3 rings (SSSR count). The minimum absolute atomic E-state index is 0.571. The molecule has 0 bridgehead atoms. The Kier molecular flexibility index (Phi) is 3.70. The topological polar surface area (TPSA) is 61.4 Å². The second-order valence-electron chi connectivity index (χ2n) is 4.84. The predicted molar refractivity (Wildman–Crippen MR) is 79.2 cm³/mol. The zero-order valence-corrected chi connectivity index (χ0v) is 12.6. The van der Waals surface area contributed by atoms with E-state index in [4.69, 9.17) is 11.6 Å². The third-order valence-corrected chi connectivity index (χ3v) is 3.70. The van der Waals surface area contributed by atoms with E-state index in [2.05, 4.69) is 20.2 Å². The lowest BCUT2D eigenvalue weighted by Crippen LogP contribution is -2.08. The molecule has 0 aliphatic rings. The molecular formula is C14H15ClN6. The Labute approximate surface area is 127 Å². The summed E-state index contributed by atoms with van der Waals surface area (Å²) in [6.07, 6.45) is 7.33. The highest BCUT2D eigenvalue weighted by atomic mass is 35.5. The van der Waals surface area contributed by atoms with Gasteiger partial charge in [0.2, 0.25) is 0 Å². The predicted octanol–water partition coefficient (Wildman–Crippen LogP) is 2.24. The van der Waals surface area contributed by atoms with Crippen LogP contribution in [0.4, 0.5) is 0 Å². The van der Waals surface area contributed by atoms with E-state index in [-0.39, 0.29) is 0 Å². The van der Waals surface area contributed by atoms with Gasteiger partial charge >= 0.3 is 0 Å². The van der Waals surface area contributed by atoms with Crippen LogP contribution in [0.25, 0.3) is 0 Å². The minimum atomic E-state index is 0.571. The number of aromatic nitrogens is 6. The molecule has 0 saturated heterocycles. The molecule has 0 N–H and O–H groups in total. The first kappa shape index (κ1) is 13.8. The smallest absolute Gasteiger partial charge is 0.105 e. The highest BCUT2D eigenvalue weighted by Gasteiger charge is 2.08. The van der Waals surface area contributed by atoms with Gasteiger partial charge in [0.25, 0.3) is 0 Å². The van der Waals surface area contributed by atoms with Crippen LogP contribution < -0.4 is 0 Å². The average Bonchev–Trinajstić information content (AvgIpc) is 3.03. The Balaban J connectivity index is 1.80. The number of halogens is 1. The maximum absolute atomic E-state index is 6.32. The fourth-order valence-corrected chi connectivity index (χ4v) is 2.32. The highest BCUT2D eigenvalue weighted by molar-refractivity contribution is 6.31.